The average molecular weight is 317 g/mol. The number of fused-ring (bicyclic) bond motifs is 1. The Kier molecular flexibility index (Phi) is 3.68. The van der Waals surface area contributed by atoms with Gasteiger partial charge in [0.2, 0.25) is 0 Å². The molecule has 0 saturated carbocycles. The summed E-state index contributed by atoms with van der Waals surface area (Å²) in [6.07, 6.45) is 3.68. The number of aryl methyl sites for hydroxylation is 2. The first-order valence-corrected chi connectivity index (χ1v) is 8.85. The second-order valence-corrected chi connectivity index (χ2v) is 7.77. The lowest BCUT2D eigenvalue weighted by molar-refractivity contribution is -0.121. The van der Waals surface area contributed by atoms with Gasteiger partial charge in [-0.3, -0.25) is 4.79 Å². The first kappa shape index (κ1) is 15.0. The van der Waals surface area contributed by atoms with Gasteiger partial charge in [-0.15, -0.1) is 0 Å². The molecule has 1 aromatic heterocycles. The van der Waals surface area contributed by atoms with Crippen molar-refractivity contribution < 1.29 is 13.2 Å². The van der Waals surface area contributed by atoms with Crippen LogP contribution in [-0.4, -0.2) is 18.2 Å². The second kappa shape index (κ2) is 5.39. The molecule has 1 aliphatic carbocycles. The number of carbonyl (C=O) groups excluding carboxylic acids is 1. The summed E-state index contributed by atoms with van der Waals surface area (Å²) < 4.78 is 27.0. The molecule has 0 aliphatic heterocycles. The van der Waals surface area contributed by atoms with Crippen molar-refractivity contribution in [2.45, 2.75) is 38.0 Å². The van der Waals surface area contributed by atoms with Gasteiger partial charge >= 0.3 is 0 Å². The van der Waals surface area contributed by atoms with Crippen LogP contribution in [0.2, 0.25) is 0 Å². The molecule has 4 nitrogen and oxygen atoms in total. The minimum atomic E-state index is -3.60. The number of rotatable bonds is 3. The summed E-state index contributed by atoms with van der Waals surface area (Å²) in [4.78, 5) is 11.9. The Hall–Kier alpha value is -1.88. The van der Waals surface area contributed by atoms with Crippen molar-refractivity contribution in [1.82, 2.24) is 3.97 Å². The van der Waals surface area contributed by atoms with E-state index in [4.69, 9.17) is 0 Å². The van der Waals surface area contributed by atoms with Gasteiger partial charge in [0.15, 0.2) is 0 Å². The molecule has 0 N–H and O–H groups in total. The van der Waals surface area contributed by atoms with Gasteiger partial charge in [0.05, 0.1) is 4.90 Å². The molecule has 2 aromatic rings. The van der Waals surface area contributed by atoms with Gasteiger partial charge in [0.1, 0.15) is 5.78 Å². The number of hydrogen-bond acceptors (Lipinski definition) is 3. The summed E-state index contributed by atoms with van der Waals surface area (Å²) >= 11 is 0. The highest BCUT2D eigenvalue weighted by Gasteiger charge is 2.28. The predicted octanol–water partition coefficient (Wildman–Crippen LogP) is 2.73. The van der Waals surface area contributed by atoms with E-state index in [1.165, 1.54) is 3.97 Å². The van der Waals surface area contributed by atoms with Gasteiger partial charge in [-0.1, -0.05) is 17.7 Å². The van der Waals surface area contributed by atoms with Gasteiger partial charge in [-0.05, 0) is 56.9 Å². The smallest absolute Gasteiger partial charge is 0.267 e. The molecule has 1 atom stereocenters. The third-order valence-corrected chi connectivity index (χ3v) is 6.13. The minimum absolute atomic E-state index is 0.0747. The highest BCUT2D eigenvalue weighted by molar-refractivity contribution is 7.90. The highest BCUT2D eigenvalue weighted by Crippen LogP contribution is 2.29. The lowest BCUT2D eigenvalue weighted by Crippen LogP contribution is -2.24. The van der Waals surface area contributed by atoms with Crippen molar-refractivity contribution in [2.75, 3.05) is 0 Å². The molecular weight excluding hydrogens is 298 g/mol. The van der Waals surface area contributed by atoms with Crippen molar-refractivity contribution in [1.29, 1.82) is 0 Å². The first-order chi connectivity index (χ1) is 10.4. The molecule has 0 spiro atoms. The summed E-state index contributed by atoms with van der Waals surface area (Å²) in [6, 6.07) is 8.70. The molecule has 0 saturated heterocycles. The molecule has 5 heteroatoms. The standard InChI is InChI=1S/C17H19NO3S/c1-12-3-7-16(8-4-12)22(20,21)18-10-9-14-5-6-15(13(2)19)11-17(14)18/h3-4,7-10,15H,5-6,11H2,1-2H3. The largest absolute Gasteiger partial charge is 0.300 e. The van der Waals surface area contributed by atoms with Crippen LogP contribution in [0.3, 0.4) is 0 Å². The Balaban J connectivity index is 2.05. The van der Waals surface area contributed by atoms with Gasteiger partial charge in [-0.2, -0.15) is 0 Å². The number of hydrogen-bond donors (Lipinski definition) is 0. The molecule has 0 amide bonds. The number of aromatic nitrogens is 1. The maximum absolute atomic E-state index is 12.8. The summed E-state index contributed by atoms with van der Waals surface area (Å²) in [5, 5.41) is 0. The van der Waals surface area contributed by atoms with E-state index in [1.807, 2.05) is 13.0 Å². The van der Waals surface area contributed by atoms with Crippen molar-refractivity contribution in [3.8, 4) is 0 Å². The second-order valence-electron chi connectivity index (χ2n) is 5.95. The van der Waals surface area contributed by atoms with E-state index in [9.17, 15) is 13.2 Å². The average Bonchev–Trinajstić information content (AvgIpc) is 2.91. The van der Waals surface area contributed by atoms with Crippen LogP contribution in [0.25, 0.3) is 0 Å². The normalized spacial score (nSPS) is 18.0. The predicted molar refractivity (Wildman–Crippen MR) is 84.4 cm³/mol. The molecule has 1 aromatic carbocycles. The fraction of sp³-hybridized carbons (Fsp3) is 0.353. The van der Waals surface area contributed by atoms with Crippen LogP contribution in [0.4, 0.5) is 0 Å². The molecule has 1 heterocycles. The van der Waals surface area contributed by atoms with Crippen molar-refractivity contribution >= 4 is 15.8 Å². The van der Waals surface area contributed by atoms with E-state index in [1.54, 1.807) is 37.4 Å². The molecule has 3 rings (SSSR count). The molecule has 0 fully saturated rings. The van der Waals surface area contributed by atoms with Crippen LogP contribution in [0.5, 0.6) is 0 Å². The summed E-state index contributed by atoms with van der Waals surface area (Å²) in [7, 11) is -3.60. The SMILES string of the molecule is CC(=O)C1CCc2ccn(S(=O)(=O)c3ccc(C)cc3)c2C1. The minimum Gasteiger partial charge on any atom is -0.300 e. The van der Waals surface area contributed by atoms with E-state index in [0.717, 1.165) is 29.7 Å². The zero-order valence-corrected chi connectivity index (χ0v) is 13.6. The van der Waals surface area contributed by atoms with E-state index in [2.05, 4.69) is 0 Å². The number of carbonyl (C=O) groups is 1. The van der Waals surface area contributed by atoms with Crippen molar-refractivity contribution in [2.24, 2.45) is 5.92 Å². The summed E-state index contributed by atoms with van der Waals surface area (Å²) in [5.74, 6) is 0.0560. The monoisotopic (exact) mass is 317 g/mol. The van der Waals surface area contributed by atoms with Gasteiger partial charge < -0.3 is 0 Å². The third kappa shape index (κ3) is 2.50. The van der Waals surface area contributed by atoms with E-state index in [-0.39, 0.29) is 16.6 Å². The molecule has 1 aliphatic rings. The van der Waals surface area contributed by atoms with Crippen LogP contribution in [-0.2, 0) is 27.7 Å². The topological polar surface area (TPSA) is 56.1 Å². The van der Waals surface area contributed by atoms with Gasteiger partial charge in [0, 0.05) is 17.8 Å². The van der Waals surface area contributed by atoms with Crippen molar-refractivity contribution in [3.63, 3.8) is 0 Å². The number of nitrogens with zero attached hydrogens (tertiary/aromatic N) is 1. The first-order valence-electron chi connectivity index (χ1n) is 7.41. The highest BCUT2D eigenvalue weighted by atomic mass is 32.2. The maximum atomic E-state index is 12.8. The third-order valence-electron chi connectivity index (χ3n) is 4.40. The van der Waals surface area contributed by atoms with Crippen LogP contribution in [0, 0.1) is 12.8 Å². The lowest BCUT2D eigenvalue weighted by Gasteiger charge is -2.22. The number of ketones is 1. The lowest BCUT2D eigenvalue weighted by atomic mass is 9.86. The van der Waals surface area contributed by atoms with Crippen LogP contribution >= 0.6 is 0 Å². The van der Waals surface area contributed by atoms with Gasteiger partial charge in [0.25, 0.3) is 10.0 Å². The number of Topliss-reactive ketones (excluding diaryl/α,β-unsaturated/α-hetero) is 1. The Bertz CT molecular complexity index is 816. The van der Waals surface area contributed by atoms with Gasteiger partial charge in [-0.25, -0.2) is 12.4 Å². The summed E-state index contributed by atoms with van der Waals surface area (Å²) in [6.45, 7) is 3.50. The fourth-order valence-electron chi connectivity index (χ4n) is 3.00. The Morgan fingerprint density at radius 2 is 1.86 bits per heavy atom. The number of benzene rings is 1. The summed E-state index contributed by atoms with van der Waals surface area (Å²) in [5.41, 5.74) is 2.81. The molecular formula is C17H19NO3S. The maximum Gasteiger partial charge on any atom is 0.267 e. The molecule has 0 radical (unpaired) electrons. The Morgan fingerprint density at radius 1 is 1.18 bits per heavy atom. The van der Waals surface area contributed by atoms with Crippen LogP contribution in [0.15, 0.2) is 41.4 Å². The fourth-order valence-corrected chi connectivity index (χ4v) is 4.41. The Labute approximate surface area is 130 Å². The van der Waals surface area contributed by atoms with E-state index in [0.29, 0.717) is 6.42 Å². The molecule has 1 unspecified atom stereocenters. The van der Waals surface area contributed by atoms with E-state index >= 15 is 0 Å². The molecule has 116 valence electrons. The van der Waals surface area contributed by atoms with E-state index < -0.39 is 10.0 Å². The van der Waals surface area contributed by atoms with Crippen LogP contribution in [0.1, 0.15) is 30.2 Å². The zero-order chi connectivity index (χ0) is 15.9. The molecule has 0 bridgehead atoms. The Morgan fingerprint density at radius 3 is 2.50 bits per heavy atom. The van der Waals surface area contributed by atoms with Crippen LogP contribution < -0.4 is 0 Å². The zero-order valence-electron chi connectivity index (χ0n) is 12.7. The van der Waals surface area contributed by atoms with Crippen molar-refractivity contribution in [3.05, 3.63) is 53.3 Å². The quantitative estimate of drug-likeness (QED) is 0.874. The molecule has 22 heavy (non-hydrogen) atoms.